The minimum absolute atomic E-state index is 0.123. The summed E-state index contributed by atoms with van der Waals surface area (Å²) < 4.78 is 9.58. The van der Waals surface area contributed by atoms with Crippen LogP contribution in [0.5, 0.6) is 0 Å². The second-order valence-electron chi connectivity index (χ2n) is 3.07. The van der Waals surface area contributed by atoms with Gasteiger partial charge in [0, 0.05) is 0 Å². The number of esters is 2. The van der Waals surface area contributed by atoms with E-state index in [1.807, 2.05) is 13.8 Å². The first-order chi connectivity index (χ1) is 6.60. The van der Waals surface area contributed by atoms with Crippen LogP contribution in [0.4, 0.5) is 0 Å². The molecule has 0 aromatic carbocycles. The van der Waals surface area contributed by atoms with Crippen molar-refractivity contribution in [3.05, 3.63) is 0 Å². The molecule has 82 valence electrons. The number of hydrogen-bond acceptors (Lipinski definition) is 4. The van der Waals surface area contributed by atoms with Crippen molar-refractivity contribution in [2.24, 2.45) is 0 Å². The zero-order valence-electron chi connectivity index (χ0n) is 9.04. The average Bonchev–Trinajstić information content (AvgIpc) is 2.03. The van der Waals surface area contributed by atoms with Crippen LogP contribution in [0.2, 0.25) is 0 Å². The SMILES string of the molecule is CCCC(C)OC(=O)CC(=O)OCC. The quantitative estimate of drug-likeness (QED) is 0.485. The van der Waals surface area contributed by atoms with Crippen LogP contribution in [0.25, 0.3) is 0 Å². The lowest BCUT2D eigenvalue weighted by Crippen LogP contribution is -2.18. The topological polar surface area (TPSA) is 52.6 Å². The molecule has 0 aliphatic heterocycles. The number of ether oxygens (including phenoxy) is 2. The summed E-state index contributed by atoms with van der Waals surface area (Å²) in [6.07, 6.45) is 1.35. The highest BCUT2D eigenvalue weighted by Gasteiger charge is 2.13. The molecule has 0 spiro atoms. The predicted molar refractivity (Wildman–Crippen MR) is 51.7 cm³/mol. The monoisotopic (exact) mass is 202 g/mol. The lowest BCUT2D eigenvalue weighted by Gasteiger charge is -2.11. The van der Waals surface area contributed by atoms with Gasteiger partial charge in [0.05, 0.1) is 12.7 Å². The summed E-state index contributed by atoms with van der Waals surface area (Å²) in [5.41, 5.74) is 0. The van der Waals surface area contributed by atoms with E-state index in [9.17, 15) is 9.59 Å². The summed E-state index contributed by atoms with van der Waals surface area (Å²) in [6, 6.07) is 0. The summed E-state index contributed by atoms with van der Waals surface area (Å²) in [7, 11) is 0. The van der Waals surface area contributed by atoms with Crippen LogP contribution in [-0.4, -0.2) is 24.6 Å². The fourth-order valence-electron chi connectivity index (χ4n) is 1.06. The summed E-state index contributed by atoms with van der Waals surface area (Å²) >= 11 is 0. The maximum absolute atomic E-state index is 11.1. The fourth-order valence-corrected chi connectivity index (χ4v) is 1.06. The van der Waals surface area contributed by atoms with Gasteiger partial charge in [-0.3, -0.25) is 9.59 Å². The molecule has 0 aliphatic rings. The van der Waals surface area contributed by atoms with Gasteiger partial charge < -0.3 is 9.47 Å². The third-order valence-electron chi connectivity index (χ3n) is 1.62. The first-order valence-corrected chi connectivity index (χ1v) is 4.95. The number of hydrogen-bond donors (Lipinski definition) is 0. The van der Waals surface area contributed by atoms with Gasteiger partial charge in [0.25, 0.3) is 0 Å². The molecule has 1 atom stereocenters. The van der Waals surface area contributed by atoms with Gasteiger partial charge in [0.15, 0.2) is 0 Å². The largest absolute Gasteiger partial charge is 0.466 e. The number of carbonyl (C=O) groups is 2. The lowest BCUT2D eigenvalue weighted by molar-refractivity contribution is -0.157. The van der Waals surface area contributed by atoms with Gasteiger partial charge in [0.2, 0.25) is 0 Å². The molecule has 0 aliphatic carbocycles. The maximum atomic E-state index is 11.1. The normalized spacial score (nSPS) is 11.9. The molecule has 4 heteroatoms. The summed E-state index contributed by atoms with van der Waals surface area (Å²) in [5.74, 6) is -1.04. The van der Waals surface area contributed by atoms with E-state index in [0.717, 1.165) is 12.8 Å². The van der Waals surface area contributed by atoms with Crippen LogP contribution in [0.15, 0.2) is 0 Å². The molecule has 1 unspecified atom stereocenters. The van der Waals surface area contributed by atoms with Crippen molar-refractivity contribution in [1.82, 2.24) is 0 Å². The summed E-state index contributed by atoms with van der Waals surface area (Å²) in [4.78, 5) is 22.0. The van der Waals surface area contributed by atoms with E-state index in [-0.39, 0.29) is 19.1 Å². The van der Waals surface area contributed by atoms with Gasteiger partial charge in [0.1, 0.15) is 6.42 Å². The third-order valence-corrected chi connectivity index (χ3v) is 1.62. The molecular weight excluding hydrogens is 184 g/mol. The van der Waals surface area contributed by atoms with Crippen molar-refractivity contribution >= 4 is 11.9 Å². The molecule has 14 heavy (non-hydrogen) atoms. The van der Waals surface area contributed by atoms with Crippen LogP contribution < -0.4 is 0 Å². The highest BCUT2D eigenvalue weighted by Crippen LogP contribution is 2.02. The van der Waals surface area contributed by atoms with Crippen LogP contribution in [0.1, 0.15) is 40.0 Å². The minimum Gasteiger partial charge on any atom is -0.466 e. The Kier molecular flexibility index (Phi) is 6.80. The smallest absolute Gasteiger partial charge is 0.317 e. The first-order valence-electron chi connectivity index (χ1n) is 4.95. The van der Waals surface area contributed by atoms with Crippen LogP contribution in [0.3, 0.4) is 0 Å². The highest BCUT2D eigenvalue weighted by molar-refractivity contribution is 5.91. The molecule has 0 amide bonds. The van der Waals surface area contributed by atoms with E-state index < -0.39 is 11.9 Å². The van der Waals surface area contributed by atoms with Crippen molar-refractivity contribution < 1.29 is 19.1 Å². The van der Waals surface area contributed by atoms with E-state index in [0.29, 0.717) is 0 Å². The average molecular weight is 202 g/mol. The van der Waals surface area contributed by atoms with E-state index in [4.69, 9.17) is 4.74 Å². The summed E-state index contributed by atoms with van der Waals surface area (Å²) in [6.45, 7) is 5.81. The number of rotatable bonds is 6. The highest BCUT2D eigenvalue weighted by atomic mass is 16.6. The van der Waals surface area contributed by atoms with Crippen molar-refractivity contribution in [3.63, 3.8) is 0 Å². The third kappa shape index (κ3) is 6.46. The summed E-state index contributed by atoms with van der Waals surface area (Å²) in [5, 5.41) is 0. The standard InChI is InChI=1S/C10H18O4/c1-4-6-8(3)14-10(12)7-9(11)13-5-2/h8H,4-7H2,1-3H3. The van der Waals surface area contributed by atoms with Crippen LogP contribution >= 0.6 is 0 Å². The molecule has 0 saturated heterocycles. The molecule has 0 radical (unpaired) electrons. The Morgan fingerprint density at radius 2 is 1.86 bits per heavy atom. The van der Waals surface area contributed by atoms with E-state index in [1.165, 1.54) is 0 Å². The molecular formula is C10H18O4. The van der Waals surface area contributed by atoms with Crippen molar-refractivity contribution in [2.75, 3.05) is 6.61 Å². The Morgan fingerprint density at radius 3 is 2.36 bits per heavy atom. The number of carbonyl (C=O) groups excluding carboxylic acids is 2. The molecule has 0 saturated carbocycles. The molecule has 0 fully saturated rings. The van der Waals surface area contributed by atoms with Crippen molar-refractivity contribution in [2.45, 2.75) is 46.1 Å². The van der Waals surface area contributed by atoms with Crippen molar-refractivity contribution in [1.29, 1.82) is 0 Å². The molecule has 4 nitrogen and oxygen atoms in total. The van der Waals surface area contributed by atoms with E-state index in [2.05, 4.69) is 4.74 Å². The first kappa shape index (κ1) is 12.9. The zero-order chi connectivity index (χ0) is 11.0. The molecule has 0 heterocycles. The molecule has 0 rings (SSSR count). The molecule has 0 aromatic rings. The van der Waals surface area contributed by atoms with Crippen LogP contribution in [-0.2, 0) is 19.1 Å². The molecule has 0 N–H and O–H groups in total. The van der Waals surface area contributed by atoms with Gasteiger partial charge in [-0.2, -0.15) is 0 Å². The van der Waals surface area contributed by atoms with Gasteiger partial charge in [-0.15, -0.1) is 0 Å². The minimum atomic E-state index is -0.527. The maximum Gasteiger partial charge on any atom is 0.317 e. The van der Waals surface area contributed by atoms with Crippen LogP contribution in [0, 0.1) is 0 Å². The van der Waals surface area contributed by atoms with Gasteiger partial charge in [-0.25, -0.2) is 0 Å². The molecule has 0 aromatic heterocycles. The van der Waals surface area contributed by atoms with Gasteiger partial charge in [-0.05, 0) is 20.3 Å². The molecule has 0 bridgehead atoms. The predicted octanol–water partition coefficient (Wildman–Crippen LogP) is 1.67. The fraction of sp³-hybridized carbons (Fsp3) is 0.800. The Hall–Kier alpha value is -1.06. The van der Waals surface area contributed by atoms with Gasteiger partial charge in [-0.1, -0.05) is 13.3 Å². The van der Waals surface area contributed by atoms with Gasteiger partial charge >= 0.3 is 11.9 Å². The van der Waals surface area contributed by atoms with E-state index in [1.54, 1.807) is 6.92 Å². The van der Waals surface area contributed by atoms with Crippen molar-refractivity contribution in [3.8, 4) is 0 Å². The Bertz CT molecular complexity index is 189. The Balaban J connectivity index is 3.69. The second-order valence-corrected chi connectivity index (χ2v) is 3.07. The lowest BCUT2D eigenvalue weighted by atomic mass is 10.2. The Labute approximate surface area is 84.6 Å². The second kappa shape index (κ2) is 7.35. The van der Waals surface area contributed by atoms with E-state index >= 15 is 0 Å². The Morgan fingerprint density at radius 1 is 1.21 bits per heavy atom. The zero-order valence-corrected chi connectivity index (χ0v) is 9.04.